The molecule has 5 nitrogen and oxygen atoms in total. The smallest absolute Gasteiger partial charge is 0.271 e. The fourth-order valence-electron chi connectivity index (χ4n) is 2.00. The molecule has 2 aromatic rings. The van der Waals surface area contributed by atoms with Gasteiger partial charge >= 0.3 is 0 Å². The van der Waals surface area contributed by atoms with E-state index in [0.717, 1.165) is 5.75 Å². The van der Waals surface area contributed by atoms with Crippen LogP contribution in [0.25, 0.3) is 0 Å². The number of nitrogens with zero attached hydrogens (tertiary/aromatic N) is 2. The summed E-state index contributed by atoms with van der Waals surface area (Å²) in [5.74, 6) is 0.610. The van der Waals surface area contributed by atoms with Gasteiger partial charge in [0.15, 0.2) is 6.73 Å². The summed E-state index contributed by atoms with van der Waals surface area (Å²) in [6.45, 7) is 9.26. The van der Waals surface area contributed by atoms with E-state index < -0.39 is 0 Å². The lowest BCUT2D eigenvalue weighted by atomic mass is 9.87. The number of aromatic nitrogens is 2. The number of hydrogen-bond acceptors (Lipinski definition) is 3. The number of benzene rings is 1. The van der Waals surface area contributed by atoms with Crippen molar-refractivity contribution in [1.82, 2.24) is 15.1 Å². The number of ether oxygens (including phenoxy) is 1. The standard InChI is InChI=1S/C17H23N3O2/c1-5-18-16(21)15-10-11-20(19-15)12-22-14-8-6-13(7-9-14)17(2,3)4/h6-11H,5,12H2,1-4H3,(H,18,21). The fraction of sp³-hybridized carbons (Fsp3) is 0.412. The largest absolute Gasteiger partial charge is 0.471 e. The van der Waals surface area contributed by atoms with Crippen LogP contribution < -0.4 is 10.1 Å². The van der Waals surface area contributed by atoms with Crippen molar-refractivity contribution in [1.29, 1.82) is 0 Å². The maximum Gasteiger partial charge on any atom is 0.271 e. The molecule has 0 bridgehead atoms. The molecule has 0 atom stereocenters. The van der Waals surface area contributed by atoms with Gasteiger partial charge in [0.2, 0.25) is 0 Å². The van der Waals surface area contributed by atoms with Crippen LogP contribution in [-0.4, -0.2) is 22.2 Å². The van der Waals surface area contributed by atoms with Crippen LogP contribution in [0.4, 0.5) is 0 Å². The van der Waals surface area contributed by atoms with Gasteiger partial charge in [-0.2, -0.15) is 5.10 Å². The molecule has 5 heteroatoms. The molecule has 0 fully saturated rings. The number of hydrogen-bond donors (Lipinski definition) is 1. The minimum Gasteiger partial charge on any atom is -0.471 e. The van der Waals surface area contributed by atoms with Crippen molar-refractivity contribution in [2.45, 2.75) is 39.8 Å². The van der Waals surface area contributed by atoms with Gasteiger partial charge in [-0.3, -0.25) is 4.79 Å². The van der Waals surface area contributed by atoms with E-state index in [1.807, 2.05) is 19.1 Å². The van der Waals surface area contributed by atoms with Crippen molar-refractivity contribution in [3.63, 3.8) is 0 Å². The SMILES string of the molecule is CCNC(=O)c1ccn(COc2ccc(C(C)(C)C)cc2)n1. The van der Waals surface area contributed by atoms with Gasteiger partial charge in [-0.15, -0.1) is 0 Å². The summed E-state index contributed by atoms with van der Waals surface area (Å²) in [6, 6.07) is 9.72. The molecule has 22 heavy (non-hydrogen) atoms. The molecule has 2 rings (SSSR count). The summed E-state index contributed by atoms with van der Waals surface area (Å²) in [5.41, 5.74) is 1.79. The summed E-state index contributed by atoms with van der Waals surface area (Å²) in [5, 5.41) is 6.89. The third-order valence-corrected chi connectivity index (χ3v) is 3.29. The van der Waals surface area contributed by atoms with Gasteiger partial charge in [-0.1, -0.05) is 32.9 Å². The minimum atomic E-state index is -0.171. The Kier molecular flexibility index (Phi) is 4.85. The first-order chi connectivity index (χ1) is 10.4. The van der Waals surface area contributed by atoms with E-state index in [0.29, 0.717) is 12.2 Å². The van der Waals surface area contributed by atoms with Crippen LogP contribution in [0.3, 0.4) is 0 Å². The molecule has 0 radical (unpaired) electrons. The number of carbonyl (C=O) groups is 1. The Bertz CT molecular complexity index is 624. The van der Waals surface area contributed by atoms with E-state index in [4.69, 9.17) is 4.74 Å². The topological polar surface area (TPSA) is 56.2 Å². The van der Waals surface area contributed by atoms with Crippen LogP contribution >= 0.6 is 0 Å². The van der Waals surface area contributed by atoms with Gasteiger partial charge in [0.1, 0.15) is 11.4 Å². The molecule has 1 aromatic heterocycles. The Morgan fingerprint density at radius 2 is 1.91 bits per heavy atom. The second-order valence-electron chi connectivity index (χ2n) is 6.15. The third-order valence-electron chi connectivity index (χ3n) is 3.29. The zero-order chi connectivity index (χ0) is 16.2. The highest BCUT2D eigenvalue weighted by molar-refractivity contribution is 5.92. The number of nitrogens with one attached hydrogen (secondary N) is 1. The van der Waals surface area contributed by atoms with Gasteiger partial charge in [0.05, 0.1) is 0 Å². The molecule has 1 heterocycles. The monoisotopic (exact) mass is 301 g/mol. The van der Waals surface area contributed by atoms with Crippen LogP contribution in [0.5, 0.6) is 5.75 Å². The first-order valence-electron chi connectivity index (χ1n) is 7.45. The fourth-order valence-corrected chi connectivity index (χ4v) is 2.00. The van der Waals surface area contributed by atoms with Crippen LogP contribution in [0.1, 0.15) is 43.7 Å². The molecule has 0 unspecified atom stereocenters. The third kappa shape index (κ3) is 4.10. The summed E-state index contributed by atoms with van der Waals surface area (Å²) >= 11 is 0. The molecule has 118 valence electrons. The highest BCUT2D eigenvalue weighted by Crippen LogP contribution is 2.24. The normalized spacial score (nSPS) is 11.3. The molecular formula is C17H23N3O2. The molecule has 1 amide bonds. The van der Waals surface area contributed by atoms with Gasteiger partial charge in [-0.05, 0) is 36.1 Å². The van der Waals surface area contributed by atoms with E-state index in [-0.39, 0.29) is 18.1 Å². The van der Waals surface area contributed by atoms with E-state index in [2.05, 4.69) is 43.3 Å². The predicted octanol–water partition coefficient (Wildman–Crippen LogP) is 2.97. The lowest BCUT2D eigenvalue weighted by Crippen LogP contribution is -2.23. The second-order valence-corrected chi connectivity index (χ2v) is 6.15. The van der Waals surface area contributed by atoms with E-state index >= 15 is 0 Å². The van der Waals surface area contributed by atoms with Crippen molar-refractivity contribution in [3.8, 4) is 5.75 Å². The summed E-state index contributed by atoms with van der Waals surface area (Å²) in [6.07, 6.45) is 1.73. The molecular weight excluding hydrogens is 278 g/mol. The Balaban J connectivity index is 1.94. The van der Waals surface area contributed by atoms with Gasteiger partial charge in [0.25, 0.3) is 5.91 Å². The summed E-state index contributed by atoms with van der Waals surface area (Å²) in [7, 11) is 0. The molecule has 0 saturated carbocycles. The van der Waals surface area contributed by atoms with E-state index in [9.17, 15) is 4.79 Å². The van der Waals surface area contributed by atoms with E-state index in [1.54, 1.807) is 16.9 Å². The molecule has 0 saturated heterocycles. The van der Waals surface area contributed by atoms with Crippen LogP contribution in [0.2, 0.25) is 0 Å². The Morgan fingerprint density at radius 3 is 2.50 bits per heavy atom. The first-order valence-corrected chi connectivity index (χ1v) is 7.45. The maximum atomic E-state index is 11.6. The van der Waals surface area contributed by atoms with Gasteiger partial charge < -0.3 is 10.1 Å². The highest BCUT2D eigenvalue weighted by atomic mass is 16.5. The molecule has 0 aliphatic carbocycles. The lowest BCUT2D eigenvalue weighted by molar-refractivity contribution is 0.0949. The van der Waals surface area contributed by atoms with Crippen LogP contribution in [-0.2, 0) is 12.1 Å². The lowest BCUT2D eigenvalue weighted by Gasteiger charge is -2.19. The molecule has 0 aliphatic heterocycles. The minimum absolute atomic E-state index is 0.127. The van der Waals surface area contributed by atoms with Gasteiger partial charge in [0, 0.05) is 12.7 Å². The average molecular weight is 301 g/mol. The first kappa shape index (κ1) is 16.1. The van der Waals surface area contributed by atoms with Crippen molar-refractivity contribution in [2.24, 2.45) is 0 Å². The predicted molar refractivity (Wildman–Crippen MR) is 86.0 cm³/mol. The number of rotatable bonds is 5. The average Bonchev–Trinajstić information content (AvgIpc) is 2.94. The Morgan fingerprint density at radius 1 is 1.23 bits per heavy atom. The summed E-state index contributed by atoms with van der Waals surface area (Å²) in [4.78, 5) is 11.6. The Labute approximate surface area is 131 Å². The molecule has 0 aliphatic rings. The summed E-state index contributed by atoms with van der Waals surface area (Å²) < 4.78 is 7.28. The second kappa shape index (κ2) is 6.64. The maximum absolute atomic E-state index is 11.6. The zero-order valence-corrected chi connectivity index (χ0v) is 13.6. The number of carbonyl (C=O) groups excluding carboxylic acids is 1. The van der Waals surface area contributed by atoms with Gasteiger partial charge in [-0.25, -0.2) is 4.68 Å². The number of amides is 1. The molecule has 1 aromatic carbocycles. The van der Waals surface area contributed by atoms with Crippen LogP contribution in [0.15, 0.2) is 36.5 Å². The quantitative estimate of drug-likeness (QED) is 0.923. The zero-order valence-electron chi connectivity index (χ0n) is 13.6. The van der Waals surface area contributed by atoms with Crippen molar-refractivity contribution < 1.29 is 9.53 Å². The van der Waals surface area contributed by atoms with Crippen molar-refractivity contribution >= 4 is 5.91 Å². The Hall–Kier alpha value is -2.30. The van der Waals surface area contributed by atoms with Crippen LogP contribution in [0, 0.1) is 0 Å². The van der Waals surface area contributed by atoms with E-state index in [1.165, 1.54) is 5.56 Å². The van der Waals surface area contributed by atoms with Crippen molar-refractivity contribution in [2.75, 3.05) is 6.54 Å². The highest BCUT2D eigenvalue weighted by Gasteiger charge is 2.13. The molecule has 0 spiro atoms. The van der Waals surface area contributed by atoms with Crippen molar-refractivity contribution in [3.05, 3.63) is 47.8 Å². The molecule has 1 N–H and O–H groups in total.